The third-order valence-corrected chi connectivity index (χ3v) is 8.06. The minimum absolute atomic E-state index is 0.0109. The number of aromatic hydroxyl groups is 2. The van der Waals surface area contributed by atoms with Gasteiger partial charge in [0.2, 0.25) is 17.0 Å². The number of ketones is 2. The Labute approximate surface area is 214 Å². The summed E-state index contributed by atoms with van der Waals surface area (Å²) in [5, 5.41) is 21.5. The number of phenols is 2. The van der Waals surface area contributed by atoms with Gasteiger partial charge in [-0.3, -0.25) is 19.2 Å². The zero-order valence-corrected chi connectivity index (χ0v) is 20.5. The van der Waals surface area contributed by atoms with E-state index in [1.165, 1.54) is 13.2 Å². The van der Waals surface area contributed by atoms with Crippen molar-refractivity contribution in [2.24, 2.45) is 0 Å². The van der Waals surface area contributed by atoms with Crippen LogP contribution in [0.5, 0.6) is 17.2 Å². The van der Waals surface area contributed by atoms with E-state index in [2.05, 4.69) is 0 Å². The number of carbonyl (C=O) groups excluding carboxylic acids is 3. The number of benzene rings is 2. The van der Waals surface area contributed by atoms with Crippen LogP contribution in [0.1, 0.15) is 61.3 Å². The van der Waals surface area contributed by atoms with E-state index in [4.69, 9.17) is 13.9 Å². The minimum Gasteiger partial charge on any atom is -0.506 e. The Balaban J connectivity index is 1.45. The number of Topliss-reactive ketones (excluding diaryl/α,β-unsaturated/α-hetero) is 2. The number of allylic oxidation sites excluding steroid dienone is 2. The fourth-order valence-corrected chi connectivity index (χ4v) is 6.28. The standard InChI is InChI=1S/C28H21NO9/c1-28-10-12-7-11-3-4-13-20(18(11)24(33)19(12)27(35)29(28)5-6-37-28)25(34)21-22(31)14-8-15(30)17(36-2)9-16(14)38-26(21)23(13)32/h7-9,30,33H,3-6,10H2,1-2H3/t28-/m1/s1. The van der Waals surface area contributed by atoms with Crippen molar-refractivity contribution in [1.82, 2.24) is 4.90 Å². The van der Waals surface area contributed by atoms with E-state index in [1.807, 2.05) is 6.92 Å². The van der Waals surface area contributed by atoms with E-state index < -0.39 is 34.2 Å². The number of phenolic OH excluding ortho intramolecular Hbond substituents is 2. The van der Waals surface area contributed by atoms with Gasteiger partial charge < -0.3 is 29.0 Å². The summed E-state index contributed by atoms with van der Waals surface area (Å²) < 4.78 is 16.6. The van der Waals surface area contributed by atoms with Gasteiger partial charge in [0.05, 0.1) is 24.7 Å². The van der Waals surface area contributed by atoms with E-state index in [-0.39, 0.29) is 62.7 Å². The topological polar surface area (TPSA) is 144 Å². The maximum atomic E-state index is 13.9. The molecule has 192 valence electrons. The van der Waals surface area contributed by atoms with E-state index in [1.54, 1.807) is 11.0 Å². The molecule has 1 aromatic heterocycles. The summed E-state index contributed by atoms with van der Waals surface area (Å²) in [5.41, 5.74) is -0.643. The predicted octanol–water partition coefficient (Wildman–Crippen LogP) is 2.74. The van der Waals surface area contributed by atoms with Gasteiger partial charge in [0.15, 0.2) is 17.3 Å². The summed E-state index contributed by atoms with van der Waals surface area (Å²) in [7, 11) is 1.33. The molecule has 4 aliphatic rings. The molecule has 2 aromatic carbocycles. The Morgan fingerprint density at radius 2 is 1.76 bits per heavy atom. The first kappa shape index (κ1) is 22.7. The normalized spacial score (nSPS) is 21.7. The molecule has 1 fully saturated rings. The summed E-state index contributed by atoms with van der Waals surface area (Å²) in [6, 6.07) is 4.19. The van der Waals surface area contributed by atoms with E-state index >= 15 is 0 Å². The second-order valence-electron chi connectivity index (χ2n) is 10.1. The fourth-order valence-electron chi connectivity index (χ4n) is 6.28. The lowest BCUT2D eigenvalue weighted by atomic mass is 9.74. The quantitative estimate of drug-likeness (QED) is 0.500. The maximum absolute atomic E-state index is 13.9. The Kier molecular flexibility index (Phi) is 4.38. The molecule has 2 aliphatic carbocycles. The summed E-state index contributed by atoms with van der Waals surface area (Å²) in [4.78, 5) is 55.9. The average molecular weight is 515 g/mol. The van der Waals surface area contributed by atoms with Gasteiger partial charge in [-0.1, -0.05) is 6.07 Å². The van der Waals surface area contributed by atoms with Crippen molar-refractivity contribution in [3.63, 3.8) is 0 Å². The first-order chi connectivity index (χ1) is 18.1. The van der Waals surface area contributed by atoms with Crippen molar-refractivity contribution in [3.05, 3.63) is 67.6 Å². The number of hydrogen-bond acceptors (Lipinski definition) is 9. The summed E-state index contributed by atoms with van der Waals surface area (Å²) in [5.74, 6) is -2.86. The molecule has 3 heterocycles. The van der Waals surface area contributed by atoms with Crippen LogP contribution in [-0.2, 0) is 17.6 Å². The number of ether oxygens (including phenoxy) is 2. The molecule has 0 radical (unpaired) electrons. The van der Waals surface area contributed by atoms with E-state index in [0.29, 0.717) is 37.1 Å². The lowest BCUT2D eigenvalue weighted by molar-refractivity contribution is -0.0569. The molecule has 1 amide bonds. The van der Waals surface area contributed by atoms with Gasteiger partial charge in [0, 0.05) is 35.7 Å². The highest BCUT2D eigenvalue weighted by Crippen LogP contribution is 2.48. The van der Waals surface area contributed by atoms with Crippen LogP contribution in [0.3, 0.4) is 0 Å². The highest BCUT2D eigenvalue weighted by molar-refractivity contribution is 6.41. The van der Waals surface area contributed by atoms with Crippen molar-refractivity contribution in [1.29, 1.82) is 0 Å². The smallest absolute Gasteiger partial charge is 0.260 e. The Morgan fingerprint density at radius 3 is 2.53 bits per heavy atom. The molecule has 0 spiro atoms. The monoisotopic (exact) mass is 515 g/mol. The van der Waals surface area contributed by atoms with E-state index in [0.717, 1.165) is 6.07 Å². The van der Waals surface area contributed by atoms with Gasteiger partial charge in [0.1, 0.15) is 22.6 Å². The van der Waals surface area contributed by atoms with Crippen molar-refractivity contribution < 1.29 is 38.5 Å². The van der Waals surface area contributed by atoms with Crippen LogP contribution in [0.2, 0.25) is 0 Å². The number of methoxy groups -OCH3 is 1. The number of fused-ring (bicyclic) bond motifs is 6. The first-order valence-corrected chi connectivity index (χ1v) is 12.2. The van der Waals surface area contributed by atoms with Crippen LogP contribution < -0.4 is 10.2 Å². The van der Waals surface area contributed by atoms with Gasteiger partial charge in [0.25, 0.3) is 5.91 Å². The molecule has 0 saturated carbocycles. The van der Waals surface area contributed by atoms with Crippen LogP contribution in [0, 0.1) is 0 Å². The van der Waals surface area contributed by atoms with Crippen LogP contribution in [0.15, 0.2) is 33.0 Å². The summed E-state index contributed by atoms with van der Waals surface area (Å²) >= 11 is 0. The van der Waals surface area contributed by atoms with Crippen molar-refractivity contribution in [2.45, 2.75) is 31.9 Å². The van der Waals surface area contributed by atoms with Crippen molar-refractivity contribution >= 4 is 34.0 Å². The zero-order chi connectivity index (χ0) is 26.7. The number of nitrogens with zero attached hydrogens (tertiary/aromatic N) is 1. The van der Waals surface area contributed by atoms with Crippen molar-refractivity contribution in [2.75, 3.05) is 20.3 Å². The molecular formula is C28H21NO9. The van der Waals surface area contributed by atoms with E-state index in [9.17, 15) is 29.4 Å². The SMILES string of the molecule is COc1cc2oc3c(c(=O)c2cc1O)C(=O)C1=C(CCc2cc4c(c(O)c21)C(=O)N1CCO[C@]1(C)C4)C3=O. The molecule has 0 bridgehead atoms. The molecule has 10 heteroatoms. The predicted molar refractivity (Wildman–Crippen MR) is 132 cm³/mol. The number of rotatable bonds is 1. The molecule has 2 N–H and O–H groups in total. The number of carbonyl (C=O) groups is 3. The fraction of sp³-hybridized carbons (Fsp3) is 0.286. The van der Waals surface area contributed by atoms with Gasteiger partial charge in [-0.05, 0) is 37.0 Å². The molecule has 3 aromatic rings. The Hall–Kier alpha value is -4.44. The largest absolute Gasteiger partial charge is 0.506 e. The molecule has 2 aliphatic heterocycles. The third-order valence-electron chi connectivity index (χ3n) is 8.06. The van der Waals surface area contributed by atoms with Crippen LogP contribution >= 0.6 is 0 Å². The molecule has 1 atom stereocenters. The molecule has 0 unspecified atom stereocenters. The molecule has 7 rings (SSSR count). The summed E-state index contributed by atoms with van der Waals surface area (Å²) in [6.07, 6.45) is 0.913. The third kappa shape index (κ3) is 2.70. The number of aryl methyl sites for hydroxylation is 1. The molecule has 10 nitrogen and oxygen atoms in total. The minimum atomic E-state index is -0.812. The maximum Gasteiger partial charge on any atom is 0.260 e. The first-order valence-electron chi connectivity index (χ1n) is 12.2. The lowest BCUT2D eigenvalue weighted by Crippen LogP contribution is -2.51. The van der Waals surface area contributed by atoms with Gasteiger partial charge in [-0.25, -0.2) is 0 Å². The summed E-state index contributed by atoms with van der Waals surface area (Å²) in [6.45, 7) is 2.58. The number of amides is 1. The highest BCUT2D eigenvalue weighted by Gasteiger charge is 2.49. The van der Waals surface area contributed by atoms with Crippen LogP contribution in [0.4, 0.5) is 0 Å². The van der Waals surface area contributed by atoms with Gasteiger partial charge >= 0.3 is 0 Å². The second kappa shape index (κ2) is 7.32. The van der Waals surface area contributed by atoms with Crippen LogP contribution in [-0.4, -0.2) is 58.6 Å². The highest BCUT2D eigenvalue weighted by atomic mass is 16.5. The number of hydrogen-bond donors (Lipinski definition) is 2. The van der Waals surface area contributed by atoms with Gasteiger partial charge in [-0.2, -0.15) is 0 Å². The van der Waals surface area contributed by atoms with Gasteiger partial charge in [-0.15, -0.1) is 0 Å². The molecule has 38 heavy (non-hydrogen) atoms. The lowest BCUT2D eigenvalue weighted by Gasteiger charge is -2.39. The zero-order valence-electron chi connectivity index (χ0n) is 20.5. The molecule has 1 saturated heterocycles. The average Bonchev–Trinajstić information content (AvgIpc) is 3.28. The van der Waals surface area contributed by atoms with Crippen molar-refractivity contribution in [3.8, 4) is 17.2 Å². The molecular weight excluding hydrogens is 494 g/mol. The van der Waals surface area contributed by atoms with Crippen LogP contribution in [0.25, 0.3) is 16.5 Å². The second-order valence-corrected chi connectivity index (χ2v) is 10.1. The Morgan fingerprint density at radius 1 is 0.974 bits per heavy atom. The Bertz CT molecular complexity index is 1780.